The van der Waals surface area contributed by atoms with E-state index in [0.717, 1.165) is 77.2 Å². The monoisotopic (exact) mass is 645 g/mol. The molecule has 0 aromatic rings. The summed E-state index contributed by atoms with van der Waals surface area (Å²) in [4.78, 5) is 29.6. The summed E-state index contributed by atoms with van der Waals surface area (Å²) in [5, 5.41) is 22.9. The Balaban J connectivity index is 1.33. The molecule has 260 valence electrons. The number of ether oxygens (including phenoxy) is 2. The minimum Gasteiger partial charge on any atom is -0.462 e. The number of quaternary nitrogens is 1. The molecule has 2 aliphatic carbocycles. The fraction of sp³-hybridized carbons (Fsp3) is 0.838. The molecule has 0 bridgehead atoms. The fourth-order valence-corrected chi connectivity index (χ4v) is 8.84. The number of aliphatic hydroxyl groups excluding tert-OH is 2. The highest BCUT2D eigenvalue weighted by molar-refractivity contribution is 5.84. The lowest BCUT2D eigenvalue weighted by molar-refractivity contribution is -0.699. The number of nitrogens with zero attached hydrogens (tertiary/aromatic N) is 1. The Bertz CT molecular complexity index is 1010. The number of hydrogen-bond acceptors (Lipinski definition) is 8. The van der Waals surface area contributed by atoms with Crippen LogP contribution in [0, 0.1) is 36.1 Å². The second kappa shape index (κ2) is 18.7. The van der Waals surface area contributed by atoms with Crippen LogP contribution < -0.4 is 11.1 Å². The van der Waals surface area contributed by atoms with Gasteiger partial charge in [-0.05, 0) is 93.8 Å². The molecule has 0 aromatic carbocycles. The van der Waals surface area contributed by atoms with E-state index in [0.29, 0.717) is 48.9 Å². The number of allylic oxidation sites excluding steroid dienone is 1. The maximum absolute atomic E-state index is 13.0. The molecule has 2 heterocycles. The van der Waals surface area contributed by atoms with Crippen LogP contribution >= 0.6 is 0 Å². The summed E-state index contributed by atoms with van der Waals surface area (Å²) in [5.41, 5.74) is 9.06. The highest BCUT2D eigenvalue weighted by Gasteiger charge is 2.39. The minimum absolute atomic E-state index is 0.140. The zero-order chi connectivity index (χ0) is 33.1. The van der Waals surface area contributed by atoms with Gasteiger partial charge in [0.15, 0.2) is 6.21 Å². The standard InChI is InChI=1S/C37H62N3O6/c1-4-25(9-12-33(46-24(2)41)21-32(43)11-8-26-10-13-35(44)36(17-26)45-3)16-29-22-39-23-30(29)19-34(27-6-5-7-31(42)18-27)28-14-15-40-37(38)20-28/h22-23,25-28,31,33-37,40,42,44H,4-21,38H2,1-3H3/q+1/p+1/t25-,26?,27?,28?,31?,33-,34-,35?,36?,37?/m1/s1. The summed E-state index contributed by atoms with van der Waals surface area (Å²) in [5.74, 6) is 2.19. The zero-order valence-corrected chi connectivity index (χ0v) is 28.8. The molecular formula is C37H63N3O6+2. The summed E-state index contributed by atoms with van der Waals surface area (Å²) in [6.07, 6.45) is 15.8. The predicted molar refractivity (Wildman–Crippen MR) is 180 cm³/mol. The first kappa shape index (κ1) is 37.0. The van der Waals surface area contributed by atoms with Gasteiger partial charge in [0.1, 0.15) is 30.2 Å². The van der Waals surface area contributed by atoms with Gasteiger partial charge in [0.05, 0.1) is 30.4 Å². The highest BCUT2D eigenvalue weighted by atomic mass is 16.5. The van der Waals surface area contributed by atoms with Crippen LogP contribution in [-0.4, -0.2) is 72.4 Å². The van der Waals surface area contributed by atoms with E-state index in [1.54, 1.807) is 7.11 Å². The number of hydrogen-bond donors (Lipinski definition) is 4. The number of carbonyl (C=O) groups excluding carboxylic acids is 2. The Morgan fingerprint density at radius 1 is 1.09 bits per heavy atom. The molecule has 9 heteroatoms. The van der Waals surface area contributed by atoms with Crippen molar-refractivity contribution in [3.63, 3.8) is 0 Å². The normalized spacial score (nSPS) is 32.1. The van der Waals surface area contributed by atoms with Crippen LogP contribution in [0.4, 0.5) is 0 Å². The largest absolute Gasteiger partial charge is 0.462 e. The van der Waals surface area contributed by atoms with Crippen molar-refractivity contribution in [3.8, 4) is 0 Å². The van der Waals surface area contributed by atoms with Crippen molar-refractivity contribution in [1.29, 1.82) is 0 Å². The molecular weight excluding hydrogens is 582 g/mol. The number of esters is 1. The topological polar surface area (TPSA) is 148 Å². The molecule has 4 aliphatic rings. The molecule has 2 aliphatic heterocycles. The third-order valence-corrected chi connectivity index (χ3v) is 11.6. The van der Waals surface area contributed by atoms with Crippen molar-refractivity contribution < 1.29 is 34.6 Å². The Kier molecular flexibility index (Phi) is 15.0. The maximum Gasteiger partial charge on any atom is 0.302 e. The molecule has 1 saturated heterocycles. The lowest BCUT2D eigenvalue weighted by Gasteiger charge is -2.39. The molecule has 10 atom stereocenters. The number of carbonyl (C=O) groups is 2. The first-order chi connectivity index (χ1) is 22.1. The predicted octanol–water partition coefficient (Wildman–Crippen LogP) is 4.39. The van der Waals surface area contributed by atoms with E-state index in [-0.39, 0.29) is 36.5 Å². The third kappa shape index (κ3) is 11.4. The average molecular weight is 646 g/mol. The van der Waals surface area contributed by atoms with Gasteiger partial charge in [-0.2, -0.15) is 0 Å². The number of rotatable bonds is 17. The van der Waals surface area contributed by atoms with Crippen molar-refractivity contribution in [2.45, 2.75) is 154 Å². The average Bonchev–Trinajstić information content (AvgIpc) is 3.47. The Hall–Kier alpha value is -1.78. The van der Waals surface area contributed by atoms with Gasteiger partial charge in [0.25, 0.3) is 0 Å². The van der Waals surface area contributed by atoms with Gasteiger partial charge in [-0.25, -0.2) is 0 Å². The van der Waals surface area contributed by atoms with E-state index in [9.17, 15) is 19.8 Å². The van der Waals surface area contributed by atoms with Crippen LogP contribution in [0.5, 0.6) is 0 Å². The lowest BCUT2D eigenvalue weighted by Crippen LogP contribution is -2.94. The van der Waals surface area contributed by atoms with Crippen molar-refractivity contribution in [2.24, 2.45) is 40.3 Å². The van der Waals surface area contributed by atoms with Crippen molar-refractivity contribution >= 4 is 18.0 Å². The number of Topliss-reactive ketones (excluding diaryl/α,β-unsaturated/α-hetero) is 1. The SMILES string of the molecule is CC[C@H](CC[C@H](CC(=O)CCC1CCC(O)C(OC)C1)OC(C)=O)CC1=C(C[C@H](C2CCCC(O)C2)C2CC[NH2+]C(N)C2)[CH+]N=C1. The van der Waals surface area contributed by atoms with Crippen LogP contribution in [0.25, 0.3) is 0 Å². The molecule has 0 aromatic heterocycles. The molecule has 7 unspecified atom stereocenters. The maximum atomic E-state index is 13.0. The van der Waals surface area contributed by atoms with Gasteiger partial charge in [0.2, 0.25) is 0 Å². The quantitative estimate of drug-likeness (QED) is 0.136. The summed E-state index contributed by atoms with van der Waals surface area (Å²) in [7, 11) is 1.64. The zero-order valence-electron chi connectivity index (χ0n) is 28.8. The lowest BCUT2D eigenvalue weighted by atomic mass is 9.68. The summed E-state index contributed by atoms with van der Waals surface area (Å²) < 4.78 is 11.1. The minimum atomic E-state index is -0.418. The molecule has 0 amide bonds. The Morgan fingerprint density at radius 2 is 1.89 bits per heavy atom. The molecule has 3 fully saturated rings. The Morgan fingerprint density at radius 3 is 2.61 bits per heavy atom. The van der Waals surface area contributed by atoms with Gasteiger partial charge in [-0.3, -0.25) is 15.3 Å². The van der Waals surface area contributed by atoms with Gasteiger partial charge >= 0.3 is 5.97 Å². The number of aliphatic hydroxyl groups is 2. The number of nitrogens with two attached hydrogens (primary N) is 2. The molecule has 46 heavy (non-hydrogen) atoms. The van der Waals surface area contributed by atoms with E-state index in [2.05, 4.69) is 23.8 Å². The molecule has 6 N–H and O–H groups in total. The van der Waals surface area contributed by atoms with Crippen LogP contribution in [0.3, 0.4) is 0 Å². The fourth-order valence-electron chi connectivity index (χ4n) is 8.84. The van der Waals surface area contributed by atoms with E-state index < -0.39 is 12.2 Å². The van der Waals surface area contributed by atoms with E-state index in [1.165, 1.54) is 30.9 Å². The number of aliphatic imine (C=N–C) groups is 1. The smallest absolute Gasteiger partial charge is 0.302 e. The van der Waals surface area contributed by atoms with Crippen molar-refractivity contribution in [1.82, 2.24) is 0 Å². The van der Waals surface area contributed by atoms with Crippen LogP contribution in [0.2, 0.25) is 0 Å². The molecule has 0 radical (unpaired) electrons. The van der Waals surface area contributed by atoms with Crippen molar-refractivity contribution in [3.05, 3.63) is 17.7 Å². The summed E-state index contributed by atoms with van der Waals surface area (Å²) in [6.45, 7) is 6.78. The summed E-state index contributed by atoms with van der Waals surface area (Å²) in [6, 6.07) is 0. The van der Waals surface area contributed by atoms with Gasteiger partial charge < -0.3 is 25.0 Å². The van der Waals surface area contributed by atoms with Crippen LogP contribution in [0.15, 0.2) is 16.1 Å². The van der Waals surface area contributed by atoms with Gasteiger partial charge in [-0.1, -0.05) is 19.8 Å². The number of ketones is 1. The van der Waals surface area contributed by atoms with E-state index >= 15 is 0 Å². The van der Waals surface area contributed by atoms with Crippen LogP contribution in [0.1, 0.15) is 123 Å². The third-order valence-electron chi connectivity index (χ3n) is 11.6. The summed E-state index contributed by atoms with van der Waals surface area (Å²) >= 11 is 0. The Labute approximate surface area is 277 Å². The van der Waals surface area contributed by atoms with Crippen molar-refractivity contribution in [2.75, 3.05) is 13.7 Å². The van der Waals surface area contributed by atoms with E-state index in [1.807, 2.05) is 6.21 Å². The molecule has 0 spiro atoms. The number of piperidine rings is 1. The van der Waals surface area contributed by atoms with Gasteiger partial charge in [0, 0.05) is 46.1 Å². The van der Waals surface area contributed by atoms with Gasteiger partial charge in [-0.15, -0.1) is 4.99 Å². The van der Waals surface area contributed by atoms with E-state index in [4.69, 9.17) is 15.2 Å². The second-order valence-electron chi connectivity index (χ2n) is 15.0. The molecule has 9 nitrogen and oxygen atoms in total. The second-order valence-corrected chi connectivity index (χ2v) is 15.0. The first-order valence-corrected chi connectivity index (χ1v) is 18.4. The highest BCUT2D eigenvalue weighted by Crippen LogP contribution is 2.42. The number of methoxy groups -OCH3 is 1. The first-order valence-electron chi connectivity index (χ1n) is 18.4. The van der Waals surface area contributed by atoms with Crippen LogP contribution in [-0.2, 0) is 19.1 Å². The molecule has 2 saturated carbocycles. The molecule has 4 rings (SSSR count).